The van der Waals surface area contributed by atoms with E-state index in [4.69, 9.17) is 0 Å². The first-order valence-electron chi connectivity index (χ1n) is 8.30. The molecule has 4 aliphatic carbocycles. The molecule has 0 unspecified atom stereocenters. The van der Waals surface area contributed by atoms with Crippen LogP contribution in [0.25, 0.3) is 44.5 Å². The van der Waals surface area contributed by atoms with Crippen LogP contribution >= 0.6 is 0 Å². The van der Waals surface area contributed by atoms with Gasteiger partial charge in [-0.1, -0.05) is 97.1 Å². The van der Waals surface area contributed by atoms with Crippen LogP contribution in [0.15, 0.2) is 97.1 Å². The van der Waals surface area contributed by atoms with Crippen LogP contribution in [0.4, 0.5) is 0 Å². The lowest BCUT2D eigenvalue weighted by atomic mass is 9.88. The Balaban J connectivity index is 1.89. The zero-order chi connectivity index (χ0) is 15.9. The van der Waals surface area contributed by atoms with Gasteiger partial charge in [-0.3, -0.25) is 0 Å². The van der Waals surface area contributed by atoms with E-state index in [1.54, 1.807) is 0 Å². The molecule has 4 aromatic rings. The van der Waals surface area contributed by atoms with E-state index in [1.165, 1.54) is 44.5 Å². The highest BCUT2D eigenvalue weighted by Gasteiger charge is 2.12. The Hall–Kier alpha value is -3.12. The maximum Gasteiger partial charge on any atom is -0.0105 e. The molecule has 0 fully saturated rings. The molecule has 0 heterocycles. The van der Waals surface area contributed by atoms with Gasteiger partial charge in [-0.25, -0.2) is 0 Å². The predicted molar refractivity (Wildman–Crippen MR) is 102 cm³/mol. The van der Waals surface area contributed by atoms with Gasteiger partial charge in [0.25, 0.3) is 0 Å². The quantitative estimate of drug-likeness (QED) is 0.300. The molecular formula is C24H16. The largest absolute Gasteiger partial charge is 0.0616 e. The Morgan fingerprint density at radius 1 is 0.250 bits per heavy atom. The van der Waals surface area contributed by atoms with Gasteiger partial charge in [-0.05, 0) is 44.5 Å². The first-order valence-corrected chi connectivity index (χ1v) is 8.30. The molecule has 112 valence electrons. The van der Waals surface area contributed by atoms with Crippen molar-refractivity contribution in [3.8, 4) is 44.5 Å². The van der Waals surface area contributed by atoms with E-state index < -0.39 is 0 Å². The molecular weight excluding hydrogens is 288 g/mol. The molecule has 0 aromatic heterocycles. The van der Waals surface area contributed by atoms with Crippen molar-refractivity contribution in [1.29, 1.82) is 0 Å². The summed E-state index contributed by atoms with van der Waals surface area (Å²) in [7, 11) is 0. The van der Waals surface area contributed by atoms with Crippen LogP contribution in [-0.4, -0.2) is 0 Å². The lowest BCUT2D eigenvalue weighted by Gasteiger charge is -2.15. The maximum absolute atomic E-state index is 2.24. The minimum atomic E-state index is 1.26. The van der Waals surface area contributed by atoms with Gasteiger partial charge < -0.3 is 0 Å². The fourth-order valence-electron chi connectivity index (χ4n) is 3.63. The minimum Gasteiger partial charge on any atom is -0.0616 e. The van der Waals surface area contributed by atoms with Gasteiger partial charge in [0, 0.05) is 0 Å². The van der Waals surface area contributed by atoms with Crippen molar-refractivity contribution >= 4 is 0 Å². The summed E-state index contributed by atoms with van der Waals surface area (Å²) in [5, 5.41) is 0. The van der Waals surface area contributed by atoms with Crippen LogP contribution in [0.3, 0.4) is 0 Å². The Morgan fingerprint density at radius 3 is 0.667 bits per heavy atom. The van der Waals surface area contributed by atoms with Crippen LogP contribution in [-0.2, 0) is 0 Å². The summed E-state index contributed by atoms with van der Waals surface area (Å²) in [6.07, 6.45) is 0. The molecule has 4 aromatic carbocycles. The lowest BCUT2D eigenvalue weighted by molar-refractivity contribution is 1.54. The van der Waals surface area contributed by atoms with Crippen LogP contribution in [0.2, 0.25) is 0 Å². The zero-order valence-electron chi connectivity index (χ0n) is 13.2. The van der Waals surface area contributed by atoms with E-state index in [9.17, 15) is 0 Å². The molecule has 0 N–H and O–H groups in total. The maximum atomic E-state index is 2.24. The van der Waals surface area contributed by atoms with E-state index in [-0.39, 0.29) is 0 Å². The molecule has 0 amide bonds. The van der Waals surface area contributed by atoms with Crippen molar-refractivity contribution in [2.24, 2.45) is 0 Å². The van der Waals surface area contributed by atoms with E-state index in [0.29, 0.717) is 0 Å². The summed E-state index contributed by atoms with van der Waals surface area (Å²) in [6, 6.07) is 35.2. The molecule has 0 heteroatoms. The van der Waals surface area contributed by atoms with Gasteiger partial charge in [0.2, 0.25) is 0 Å². The summed E-state index contributed by atoms with van der Waals surface area (Å²) in [5.41, 5.74) is 10.2. The van der Waals surface area contributed by atoms with Crippen molar-refractivity contribution in [2.45, 2.75) is 0 Å². The SMILES string of the molecule is c1ccc2c(c1)-c1ccc(cc1)-c1ccccc1-c1ccc-2cc1. The third-order valence-corrected chi connectivity index (χ3v) is 4.87. The van der Waals surface area contributed by atoms with E-state index in [2.05, 4.69) is 97.1 Å². The lowest BCUT2D eigenvalue weighted by Crippen LogP contribution is -1.90. The first-order chi connectivity index (χ1) is 11.9. The summed E-state index contributed by atoms with van der Waals surface area (Å²) in [5.74, 6) is 0. The normalized spacial score (nSPS) is 11.3. The van der Waals surface area contributed by atoms with Gasteiger partial charge in [0.15, 0.2) is 0 Å². The van der Waals surface area contributed by atoms with Crippen LogP contribution in [0.5, 0.6) is 0 Å². The fourth-order valence-corrected chi connectivity index (χ4v) is 3.63. The predicted octanol–water partition coefficient (Wildman–Crippen LogP) is 6.67. The average Bonchev–Trinajstić information content (AvgIpc) is 2.67. The molecule has 0 nitrogen and oxygen atoms in total. The average molecular weight is 304 g/mol. The van der Waals surface area contributed by atoms with Crippen LogP contribution in [0.1, 0.15) is 0 Å². The van der Waals surface area contributed by atoms with Crippen LogP contribution < -0.4 is 0 Å². The molecule has 4 aliphatic rings. The topological polar surface area (TPSA) is 0 Å². The highest BCUT2D eigenvalue weighted by Crippen LogP contribution is 2.38. The van der Waals surface area contributed by atoms with E-state index in [1.807, 2.05) is 0 Å². The summed E-state index contributed by atoms with van der Waals surface area (Å²) in [4.78, 5) is 0. The Kier molecular flexibility index (Phi) is 2.89. The summed E-state index contributed by atoms with van der Waals surface area (Å²) in [6.45, 7) is 0. The molecule has 0 radical (unpaired) electrons. The molecule has 8 rings (SSSR count). The van der Waals surface area contributed by atoms with Crippen molar-refractivity contribution in [3.05, 3.63) is 97.1 Å². The minimum absolute atomic E-state index is 1.26. The molecule has 24 heavy (non-hydrogen) atoms. The molecule has 4 bridgehead atoms. The third kappa shape index (κ3) is 2.00. The standard InChI is InChI=1S/C24H16/c1-2-6-22-18-13-15-20(16-14-18)24-8-4-3-7-23(24)19-11-9-17(10-12-19)21(22)5-1/h1-16H. The summed E-state index contributed by atoms with van der Waals surface area (Å²) < 4.78 is 0. The highest BCUT2D eigenvalue weighted by atomic mass is 14.2. The molecule has 0 atom stereocenters. The first kappa shape index (κ1) is 13.3. The Bertz CT molecular complexity index is 851. The summed E-state index contributed by atoms with van der Waals surface area (Å²) >= 11 is 0. The second kappa shape index (κ2) is 5.21. The second-order valence-electron chi connectivity index (χ2n) is 6.25. The zero-order valence-corrected chi connectivity index (χ0v) is 13.2. The van der Waals surface area contributed by atoms with Gasteiger partial charge in [0.05, 0.1) is 0 Å². The monoisotopic (exact) mass is 304 g/mol. The Morgan fingerprint density at radius 2 is 0.458 bits per heavy atom. The molecule has 0 spiro atoms. The van der Waals surface area contributed by atoms with Gasteiger partial charge in [-0.15, -0.1) is 0 Å². The Labute approximate surface area is 142 Å². The molecule has 0 saturated carbocycles. The number of hydrogen-bond acceptors (Lipinski definition) is 0. The van der Waals surface area contributed by atoms with Gasteiger partial charge >= 0.3 is 0 Å². The number of benzene rings is 4. The van der Waals surface area contributed by atoms with Crippen molar-refractivity contribution in [3.63, 3.8) is 0 Å². The number of hydrogen-bond donors (Lipinski definition) is 0. The van der Waals surface area contributed by atoms with Crippen molar-refractivity contribution in [2.75, 3.05) is 0 Å². The van der Waals surface area contributed by atoms with E-state index in [0.717, 1.165) is 0 Å². The third-order valence-electron chi connectivity index (χ3n) is 4.87. The molecule has 0 aliphatic heterocycles. The van der Waals surface area contributed by atoms with Gasteiger partial charge in [0.1, 0.15) is 0 Å². The van der Waals surface area contributed by atoms with Crippen molar-refractivity contribution in [1.82, 2.24) is 0 Å². The highest BCUT2D eigenvalue weighted by molar-refractivity contribution is 5.89. The molecule has 0 saturated heterocycles. The second-order valence-corrected chi connectivity index (χ2v) is 6.25. The smallest absolute Gasteiger partial charge is 0.0105 e. The van der Waals surface area contributed by atoms with Crippen LogP contribution in [0, 0.1) is 0 Å². The van der Waals surface area contributed by atoms with Gasteiger partial charge in [-0.2, -0.15) is 0 Å². The van der Waals surface area contributed by atoms with Crippen molar-refractivity contribution < 1.29 is 0 Å². The fraction of sp³-hybridized carbons (Fsp3) is 0. The number of rotatable bonds is 0. The van der Waals surface area contributed by atoms with E-state index >= 15 is 0 Å².